The zero-order chi connectivity index (χ0) is 21.2. The van der Waals surface area contributed by atoms with Crippen molar-refractivity contribution in [1.82, 2.24) is 9.88 Å². The van der Waals surface area contributed by atoms with Crippen LogP contribution in [0.2, 0.25) is 0 Å². The maximum Gasteiger partial charge on any atom is 0.409 e. The summed E-state index contributed by atoms with van der Waals surface area (Å²) in [6.45, 7) is 2.34. The van der Waals surface area contributed by atoms with Crippen molar-refractivity contribution < 1.29 is 27.9 Å². The predicted molar refractivity (Wildman–Crippen MR) is 102 cm³/mol. The number of aliphatic carboxylic acids is 1. The molecule has 0 spiro atoms. The third-order valence-electron chi connectivity index (χ3n) is 4.75. The van der Waals surface area contributed by atoms with E-state index in [0.717, 1.165) is 22.3 Å². The van der Waals surface area contributed by atoms with Crippen molar-refractivity contribution in [1.29, 1.82) is 0 Å². The molecule has 0 aliphatic carbocycles. The van der Waals surface area contributed by atoms with Crippen LogP contribution in [0.4, 0.5) is 18.9 Å². The van der Waals surface area contributed by atoms with Crippen LogP contribution in [-0.4, -0.2) is 58.7 Å². The molecule has 1 N–H and O–H groups in total. The Morgan fingerprint density at radius 2 is 2.00 bits per heavy atom. The molecule has 1 unspecified atom stereocenters. The average molecular weight is 407 g/mol. The van der Waals surface area contributed by atoms with Crippen LogP contribution < -0.4 is 4.90 Å². The molecule has 0 bridgehead atoms. The zero-order valence-electron chi connectivity index (χ0n) is 15.7. The molecule has 1 aromatic heterocycles. The number of aryl methyl sites for hydroxylation is 1. The molecule has 1 amide bonds. The van der Waals surface area contributed by atoms with E-state index in [1.165, 1.54) is 4.90 Å². The van der Waals surface area contributed by atoms with Gasteiger partial charge in [0.25, 0.3) is 0 Å². The van der Waals surface area contributed by atoms with Crippen LogP contribution in [0.5, 0.6) is 0 Å². The van der Waals surface area contributed by atoms with Gasteiger partial charge in [0.05, 0.1) is 18.0 Å². The van der Waals surface area contributed by atoms with E-state index in [9.17, 15) is 27.9 Å². The van der Waals surface area contributed by atoms with Crippen molar-refractivity contribution >= 4 is 28.5 Å². The number of halogens is 3. The lowest BCUT2D eigenvalue weighted by atomic mass is 10.0. The highest BCUT2D eigenvalue weighted by Gasteiger charge is 2.32. The molecule has 6 nitrogen and oxygen atoms in total. The summed E-state index contributed by atoms with van der Waals surface area (Å²) in [5, 5.41) is 10.2. The van der Waals surface area contributed by atoms with Gasteiger partial charge in [-0.1, -0.05) is 18.2 Å². The van der Waals surface area contributed by atoms with E-state index in [1.54, 1.807) is 0 Å². The van der Waals surface area contributed by atoms with Gasteiger partial charge in [-0.3, -0.25) is 14.6 Å². The standard InChI is InChI=1S/C20H20F3N3O3/c1-13-10-17(15-4-2-3-5-16(15)24-13)26-9-8-25(12-14(26)11-19(28)29)18(27)6-7-20(21,22)23/h2-7,10,14H,8-9,11-12H2,1H3,(H,28,29)/b7-6+. The van der Waals surface area contributed by atoms with Gasteiger partial charge < -0.3 is 14.9 Å². The fourth-order valence-electron chi connectivity index (χ4n) is 3.54. The molecular weight excluding hydrogens is 387 g/mol. The van der Waals surface area contributed by atoms with Gasteiger partial charge in [0.2, 0.25) is 5.91 Å². The van der Waals surface area contributed by atoms with Crippen molar-refractivity contribution in [2.75, 3.05) is 24.5 Å². The van der Waals surface area contributed by atoms with Gasteiger partial charge in [0.1, 0.15) is 0 Å². The maximum atomic E-state index is 12.4. The topological polar surface area (TPSA) is 73.7 Å². The molecule has 9 heteroatoms. The van der Waals surface area contributed by atoms with E-state index >= 15 is 0 Å². The molecule has 154 valence electrons. The molecule has 1 aromatic carbocycles. The van der Waals surface area contributed by atoms with Crippen molar-refractivity contribution in [2.45, 2.75) is 25.6 Å². The monoisotopic (exact) mass is 407 g/mol. The van der Waals surface area contributed by atoms with Crippen LogP contribution in [0.25, 0.3) is 10.9 Å². The summed E-state index contributed by atoms with van der Waals surface area (Å²) < 4.78 is 37.1. The zero-order valence-corrected chi connectivity index (χ0v) is 15.7. The molecule has 1 fully saturated rings. The molecule has 0 saturated carbocycles. The van der Waals surface area contributed by atoms with E-state index in [-0.39, 0.29) is 25.6 Å². The summed E-state index contributed by atoms with van der Waals surface area (Å²) in [6, 6.07) is 8.75. The van der Waals surface area contributed by atoms with E-state index in [4.69, 9.17) is 0 Å². The molecule has 1 aliphatic heterocycles. The number of para-hydroxylation sites is 1. The number of pyridine rings is 1. The number of aromatic nitrogens is 1. The number of carbonyl (C=O) groups excluding carboxylic acids is 1. The fraction of sp³-hybridized carbons (Fsp3) is 0.350. The smallest absolute Gasteiger partial charge is 0.409 e. The molecule has 3 rings (SSSR count). The van der Waals surface area contributed by atoms with Gasteiger partial charge in [-0.2, -0.15) is 13.2 Å². The van der Waals surface area contributed by atoms with Gasteiger partial charge in [0.15, 0.2) is 0 Å². The number of nitrogens with zero attached hydrogens (tertiary/aromatic N) is 3. The van der Waals surface area contributed by atoms with Crippen LogP contribution in [0.1, 0.15) is 12.1 Å². The van der Waals surface area contributed by atoms with Crippen LogP contribution in [0.15, 0.2) is 42.5 Å². The third kappa shape index (κ3) is 5.04. The van der Waals surface area contributed by atoms with E-state index in [2.05, 4.69) is 4.98 Å². The lowest BCUT2D eigenvalue weighted by molar-refractivity contribution is -0.138. The first kappa shape index (κ1) is 20.6. The highest BCUT2D eigenvalue weighted by Crippen LogP contribution is 2.30. The summed E-state index contributed by atoms with van der Waals surface area (Å²) in [5.41, 5.74) is 2.33. The second-order valence-corrected chi connectivity index (χ2v) is 6.90. The Balaban J connectivity index is 1.90. The molecule has 2 aromatic rings. The number of hydrogen-bond acceptors (Lipinski definition) is 4. The molecule has 0 radical (unpaired) electrons. The minimum atomic E-state index is -4.58. The normalized spacial score (nSPS) is 17.9. The minimum absolute atomic E-state index is 0.0169. The third-order valence-corrected chi connectivity index (χ3v) is 4.75. The number of rotatable bonds is 4. The van der Waals surface area contributed by atoms with Gasteiger partial charge in [-0.25, -0.2) is 0 Å². The lowest BCUT2D eigenvalue weighted by Gasteiger charge is -2.42. The molecule has 29 heavy (non-hydrogen) atoms. The van der Waals surface area contributed by atoms with Crippen LogP contribution in [0.3, 0.4) is 0 Å². The van der Waals surface area contributed by atoms with Crippen LogP contribution >= 0.6 is 0 Å². The SMILES string of the molecule is Cc1cc(N2CCN(C(=O)/C=C/C(F)(F)F)CC2CC(=O)O)c2ccccc2n1. The Kier molecular flexibility index (Phi) is 5.76. The molecule has 1 atom stereocenters. The molecule has 1 saturated heterocycles. The summed E-state index contributed by atoms with van der Waals surface area (Å²) in [6.07, 6.45) is -4.44. The Morgan fingerprint density at radius 1 is 1.28 bits per heavy atom. The van der Waals surface area contributed by atoms with Crippen molar-refractivity contribution in [2.24, 2.45) is 0 Å². The number of piperazine rings is 1. The summed E-state index contributed by atoms with van der Waals surface area (Å²) in [5.74, 6) is -1.83. The number of carboxylic acid groups (broad SMARTS) is 1. The van der Waals surface area contributed by atoms with Gasteiger partial charge in [-0.05, 0) is 19.1 Å². The lowest BCUT2D eigenvalue weighted by Crippen LogP contribution is -2.55. The summed E-state index contributed by atoms with van der Waals surface area (Å²) in [4.78, 5) is 31.2. The van der Waals surface area contributed by atoms with Crippen LogP contribution in [-0.2, 0) is 9.59 Å². The molecule has 2 heterocycles. The Morgan fingerprint density at radius 3 is 2.69 bits per heavy atom. The van der Waals surface area contributed by atoms with Crippen molar-refractivity contribution in [3.05, 3.63) is 48.2 Å². The van der Waals surface area contributed by atoms with Crippen molar-refractivity contribution in [3.63, 3.8) is 0 Å². The second-order valence-electron chi connectivity index (χ2n) is 6.90. The van der Waals surface area contributed by atoms with E-state index in [0.29, 0.717) is 12.6 Å². The summed E-state index contributed by atoms with van der Waals surface area (Å²) in [7, 11) is 0. The highest BCUT2D eigenvalue weighted by atomic mass is 19.4. The van der Waals surface area contributed by atoms with Crippen molar-refractivity contribution in [3.8, 4) is 0 Å². The minimum Gasteiger partial charge on any atom is -0.481 e. The number of amides is 1. The number of fused-ring (bicyclic) bond motifs is 1. The quantitative estimate of drug-likeness (QED) is 0.789. The Bertz CT molecular complexity index is 959. The predicted octanol–water partition coefficient (Wildman–Crippen LogP) is 3.15. The Hall–Kier alpha value is -3.10. The Labute approximate surface area is 165 Å². The number of anilines is 1. The van der Waals surface area contributed by atoms with Crippen LogP contribution in [0, 0.1) is 6.92 Å². The highest BCUT2D eigenvalue weighted by molar-refractivity contribution is 5.93. The van der Waals surface area contributed by atoms with Gasteiger partial charge >= 0.3 is 12.1 Å². The number of carbonyl (C=O) groups is 2. The largest absolute Gasteiger partial charge is 0.481 e. The second kappa shape index (κ2) is 8.10. The maximum absolute atomic E-state index is 12.4. The summed E-state index contributed by atoms with van der Waals surface area (Å²) >= 11 is 0. The number of carboxylic acids is 1. The molecular formula is C20H20F3N3O3. The fourth-order valence-corrected chi connectivity index (χ4v) is 3.54. The molecule has 1 aliphatic rings. The first-order valence-corrected chi connectivity index (χ1v) is 9.04. The first-order chi connectivity index (χ1) is 13.6. The number of allylic oxidation sites excluding steroid dienone is 1. The number of alkyl halides is 3. The number of hydrogen-bond donors (Lipinski definition) is 1. The van der Waals surface area contributed by atoms with E-state index in [1.807, 2.05) is 42.2 Å². The number of benzene rings is 1. The van der Waals surface area contributed by atoms with Gasteiger partial charge in [0, 0.05) is 48.6 Å². The average Bonchev–Trinajstić information content (AvgIpc) is 2.64. The first-order valence-electron chi connectivity index (χ1n) is 9.04. The van der Waals surface area contributed by atoms with Gasteiger partial charge in [-0.15, -0.1) is 0 Å². The van der Waals surface area contributed by atoms with E-state index < -0.39 is 24.1 Å².